The van der Waals surface area contributed by atoms with Gasteiger partial charge in [-0.2, -0.15) is 5.10 Å². The summed E-state index contributed by atoms with van der Waals surface area (Å²) >= 11 is 0. The molecule has 2 aliphatic rings. The number of aromatic nitrogens is 4. The molecule has 0 radical (unpaired) electrons. The van der Waals surface area contributed by atoms with Gasteiger partial charge < -0.3 is 19.5 Å². The fraction of sp³-hybridized carbons (Fsp3) is 0.526. The van der Waals surface area contributed by atoms with E-state index in [2.05, 4.69) is 10.1 Å². The zero-order chi connectivity index (χ0) is 21.4. The van der Waals surface area contributed by atoms with Crippen molar-refractivity contribution in [1.82, 2.24) is 29.1 Å². The third kappa shape index (κ3) is 3.67. The smallest absolute Gasteiger partial charge is 0.328 e. The van der Waals surface area contributed by atoms with Gasteiger partial charge in [0.05, 0.1) is 25.7 Å². The SMILES string of the molecule is Cn1nccc1C(=O)N1C[C@H]2COC[C@@H]1CN(C(=O)Cc1c[nH]c(=O)n(C)c1=O)C2. The van der Waals surface area contributed by atoms with E-state index >= 15 is 0 Å². The summed E-state index contributed by atoms with van der Waals surface area (Å²) in [7, 11) is 3.08. The van der Waals surface area contributed by atoms with Crippen LogP contribution in [0.2, 0.25) is 0 Å². The molecule has 0 spiro atoms. The van der Waals surface area contributed by atoms with Crippen molar-refractivity contribution in [3.05, 3.63) is 50.6 Å². The van der Waals surface area contributed by atoms with Gasteiger partial charge in [0.25, 0.3) is 11.5 Å². The van der Waals surface area contributed by atoms with Gasteiger partial charge in [0.15, 0.2) is 0 Å². The van der Waals surface area contributed by atoms with Crippen molar-refractivity contribution in [1.29, 1.82) is 0 Å². The third-order valence-electron chi connectivity index (χ3n) is 5.72. The average molecular weight is 416 g/mol. The highest BCUT2D eigenvalue weighted by molar-refractivity contribution is 5.93. The van der Waals surface area contributed by atoms with Crippen molar-refractivity contribution in [2.75, 3.05) is 32.8 Å². The van der Waals surface area contributed by atoms with E-state index in [9.17, 15) is 19.2 Å². The van der Waals surface area contributed by atoms with Crippen LogP contribution in [-0.4, -0.2) is 79.8 Å². The predicted molar refractivity (Wildman–Crippen MR) is 105 cm³/mol. The maximum Gasteiger partial charge on any atom is 0.328 e. The molecule has 0 unspecified atom stereocenters. The van der Waals surface area contributed by atoms with Crippen molar-refractivity contribution in [2.24, 2.45) is 20.0 Å². The van der Waals surface area contributed by atoms with Crippen molar-refractivity contribution in [2.45, 2.75) is 12.5 Å². The molecule has 160 valence electrons. The summed E-state index contributed by atoms with van der Waals surface area (Å²) in [4.78, 5) is 55.8. The van der Waals surface area contributed by atoms with Crippen LogP contribution in [0.1, 0.15) is 16.1 Å². The predicted octanol–water partition coefficient (Wildman–Crippen LogP) is -1.65. The van der Waals surface area contributed by atoms with Crippen LogP contribution in [0.15, 0.2) is 28.0 Å². The lowest BCUT2D eigenvalue weighted by atomic mass is 10.1. The average Bonchev–Trinajstić information content (AvgIpc) is 2.93. The van der Waals surface area contributed by atoms with Crippen LogP contribution in [0.25, 0.3) is 0 Å². The first kappa shape index (κ1) is 20.1. The van der Waals surface area contributed by atoms with Crippen LogP contribution < -0.4 is 11.2 Å². The van der Waals surface area contributed by atoms with Crippen molar-refractivity contribution >= 4 is 11.8 Å². The quantitative estimate of drug-likeness (QED) is 0.640. The molecule has 2 atom stereocenters. The zero-order valence-electron chi connectivity index (χ0n) is 16.9. The van der Waals surface area contributed by atoms with E-state index in [0.29, 0.717) is 38.5 Å². The van der Waals surface area contributed by atoms with Gasteiger partial charge in [-0.05, 0) is 6.07 Å². The molecule has 0 aromatic carbocycles. The maximum absolute atomic E-state index is 13.1. The Labute approximate surface area is 171 Å². The molecule has 0 aliphatic carbocycles. The lowest BCUT2D eigenvalue weighted by Gasteiger charge is -2.31. The number of carbonyl (C=O) groups excluding carboxylic acids is 2. The van der Waals surface area contributed by atoms with E-state index < -0.39 is 11.2 Å². The molecule has 30 heavy (non-hydrogen) atoms. The lowest BCUT2D eigenvalue weighted by molar-refractivity contribution is -0.132. The second kappa shape index (κ2) is 7.90. The minimum atomic E-state index is -0.526. The number of H-pyrrole nitrogens is 1. The normalized spacial score (nSPS) is 21.4. The molecule has 2 amide bonds. The minimum Gasteiger partial charge on any atom is -0.379 e. The standard InChI is InChI=1S/C19H24N6O5/c1-22-17(27)13(6-20-19(22)29)5-16(26)24-7-12-8-25(14(9-24)11-30-10-12)18(28)15-3-4-21-23(15)2/h3-4,6,12,14H,5,7-11H2,1-2H3,(H,20,29)/t12-,14-/m0/s1. The number of nitrogens with zero attached hydrogens (tertiary/aromatic N) is 5. The summed E-state index contributed by atoms with van der Waals surface area (Å²) in [5.74, 6) is -0.387. The fourth-order valence-electron chi connectivity index (χ4n) is 4.04. The number of hydrogen-bond donors (Lipinski definition) is 1. The number of aromatic amines is 1. The first-order valence-corrected chi connectivity index (χ1v) is 9.77. The highest BCUT2D eigenvalue weighted by Gasteiger charge is 2.38. The first-order valence-electron chi connectivity index (χ1n) is 9.77. The lowest BCUT2D eigenvalue weighted by Crippen LogP contribution is -2.48. The van der Waals surface area contributed by atoms with Crippen LogP contribution in [0.4, 0.5) is 0 Å². The van der Waals surface area contributed by atoms with E-state index in [1.165, 1.54) is 17.9 Å². The summed E-state index contributed by atoms with van der Waals surface area (Å²) in [5.41, 5.74) is -0.298. The molecule has 2 aromatic rings. The highest BCUT2D eigenvalue weighted by Crippen LogP contribution is 2.22. The first-order chi connectivity index (χ1) is 14.3. The van der Waals surface area contributed by atoms with Gasteiger partial charge in [0.2, 0.25) is 5.91 Å². The molecule has 11 heteroatoms. The molecule has 2 bridgehead atoms. The Bertz CT molecular complexity index is 1090. The number of amides is 2. The largest absolute Gasteiger partial charge is 0.379 e. The number of ether oxygens (including phenoxy) is 1. The molecule has 2 saturated heterocycles. The molecule has 2 aliphatic heterocycles. The third-order valence-corrected chi connectivity index (χ3v) is 5.72. The molecule has 4 rings (SSSR count). The Morgan fingerprint density at radius 3 is 2.73 bits per heavy atom. The zero-order valence-corrected chi connectivity index (χ0v) is 16.9. The second-order valence-electron chi connectivity index (χ2n) is 7.81. The summed E-state index contributed by atoms with van der Waals surface area (Å²) in [6.07, 6.45) is 2.76. The molecule has 1 N–H and O–H groups in total. The van der Waals surface area contributed by atoms with Crippen LogP contribution in [0.5, 0.6) is 0 Å². The summed E-state index contributed by atoms with van der Waals surface area (Å²) in [6, 6.07) is 1.38. The Hall–Kier alpha value is -3.21. The van der Waals surface area contributed by atoms with Crippen LogP contribution in [0.3, 0.4) is 0 Å². The van der Waals surface area contributed by atoms with E-state index in [1.54, 1.807) is 29.1 Å². The van der Waals surface area contributed by atoms with Gasteiger partial charge in [0.1, 0.15) is 5.69 Å². The molecular formula is C19H24N6O5. The van der Waals surface area contributed by atoms with Gasteiger partial charge in [0, 0.05) is 57.6 Å². The number of rotatable bonds is 3. The van der Waals surface area contributed by atoms with Crippen molar-refractivity contribution in [3.63, 3.8) is 0 Å². The fourth-order valence-corrected chi connectivity index (χ4v) is 4.04. The van der Waals surface area contributed by atoms with E-state index in [1.807, 2.05) is 0 Å². The molecule has 4 heterocycles. The van der Waals surface area contributed by atoms with Crippen molar-refractivity contribution < 1.29 is 14.3 Å². The number of carbonyl (C=O) groups is 2. The number of fused-ring (bicyclic) bond motifs is 3. The van der Waals surface area contributed by atoms with Gasteiger partial charge >= 0.3 is 5.69 Å². The molecular weight excluding hydrogens is 392 g/mol. The number of aryl methyl sites for hydroxylation is 1. The van der Waals surface area contributed by atoms with E-state index in [0.717, 1.165) is 4.57 Å². The van der Waals surface area contributed by atoms with Gasteiger partial charge in [-0.15, -0.1) is 0 Å². The van der Waals surface area contributed by atoms with E-state index in [-0.39, 0.29) is 35.8 Å². The van der Waals surface area contributed by atoms with Crippen LogP contribution >= 0.6 is 0 Å². The monoisotopic (exact) mass is 416 g/mol. The number of nitrogens with one attached hydrogen (secondary N) is 1. The maximum atomic E-state index is 13.1. The highest BCUT2D eigenvalue weighted by atomic mass is 16.5. The Morgan fingerprint density at radius 2 is 2.00 bits per heavy atom. The van der Waals surface area contributed by atoms with Gasteiger partial charge in [-0.1, -0.05) is 0 Å². The summed E-state index contributed by atoms with van der Waals surface area (Å²) in [5, 5.41) is 4.07. The number of hydrogen-bond acceptors (Lipinski definition) is 6. The van der Waals surface area contributed by atoms with Crippen LogP contribution in [-0.2, 0) is 30.0 Å². The Morgan fingerprint density at radius 1 is 1.20 bits per heavy atom. The Balaban J connectivity index is 1.55. The topological polar surface area (TPSA) is 123 Å². The molecule has 2 fully saturated rings. The van der Waals surface area contributed by atoms with Crippen molar-refractivity contribution in [3.8, 4) is 0 Å². The summed E-state index contributed by atoms with van der Waals surface area (Å²) in [6.45, 7) is 2.04. The Kier molecular flexibility index (Phi) is 5.29. The minimum absolute atomic E-state index is 0.0305. The molecule has 2 aromatic heterocycles. The van der Waals surface area contributed by atoms with Gasteiger partial charge in [-0.25, -0.2) is 4.79 Å². The molecule has 0 saturated carbocycles. The summed E-state index contributed by atoms with van der Waals surface area (Å²) < 4.78 is 8.22. The van der Waals surface area contributed by atoms with Crippen LogP contribution in [0, 0.1) is 5.92 Å². The van der Waals surface area contributed by atoms with E-state index in [4.69, 9.17) is 4.74 Å². The second-order valence-corrected chi connectivity index (χ2v) is 7.81. The van der Waals surface area contributed by atoms with Gasteiger partial charge in [-0.3, -0.25) is 23.6 Å². The molecule has 11 nitrogen and oxygen atoms in total.